The second-order valence-corrected chi connectivity index (χ2v) is 3.21. The number of ether oxygens (including phenoxy) is 1. The first kappa shape index (κ1) is 3.85. The molecular formula is C6H9NO. The van der Waals surface area contributed by atoms with E-state index in [0.717, 1.165) is 11.8 Å². The molecule has 0 aromatic rings. The van der Waals surface area contributed by atoms with Crippen molar-refractivity contribution in [2.75, 3.05) is 0 Å². The molecule has 5 unspecified atom stereocenters. The zero-order chi connectivity index (χ0) is 5.30. The summed E-state index contributed by atoms with van der Waals surface area (Å²) < 4.78 is 5.31. The molecule has 3 aliphatic rings. The van der Waals surface area contributed by atoms with E-state index in [-0.39, 0.29) is 0 Å². The van der Waals surface area contributed by atoms with E-state index >= 15 is 0 Å². The maximum Gasteiger partial charge on any atom is 0.0891 e. The van der Waals surface area contributed by atoms with Crippen LogP contribution in [0.25, 0.3) is 0 Å². The van der Waals surface area contributed by atoms with Gasteiger partial charge in [0.05, 0.1) is 12.2 Å². The quantitative estimate of drug-likeness (QED) is 0.437. The van der Waals surface area contributed by atoms with Gasteiger partial charge in [0.1, 0.15) is 0 Å². The summed E-state index contributed by atoms with van der Waals surface area (Å²) in [5.74, 6) is 1.66. The molecule has 0 spiro atoms. The van der Waals surface area contributed by atoms with Crippen LogP contribution in [0.1, 0.15) is 6.42 Å². The normalized spacial score (nSPS) is 73.9. The van der Waals surface area contributed by atoms with Crippen molar-refractivity contribution in [1.82, 2.24) is 0 Å². The van der Waals surface area contributed by atoms with E-state index < -0.39 is 0 Å². The highest BCUT2D eigenvalue weighted by Crippen LogP contribution is 2.61. The van der Waals surface area contributed by atoms with Crippen molar-refractivity contribution in [2.45, 2.75) is 24.7 Å². The predicted octanol–water partition coefficient (Wildman–Crippen LogP) is -0.269. The monoisotopic (exact) mass is 111 g/mol. The summed E-state index contributed by atoms with van der Waals surface area (Å²) in [5.41, 5.74) is 5.70. The van der Waals surface area contributed by atoms with E-state index in [9.17, 15) is 0 Å². The number of hydrogen-bond donors (Lipinski definition) is 1. The van der Waals surface area contributed by atoms with Crippen molar-refractivity contribution < 1.29 is 4.74 Å². The van der Waals surface area contributed by atoms with Gasteiger partial charge < -0.3 is 10.5 Å². The summed E-state index contributed by atoms with van der Waals surface area (Å²) in [4.78, 5) is 0. The fourth-order valence-electron chi connectivity index (χ4n) is 2.24. The maximum atomic E-state index is 5.70. The molecule has 1 saturated heterocycles. The topological polar surface area (TPSA) is 38.5 Å². The van der Waals surface area contributed by atoms with Crippen LogP contribution in [0, 0.1) is 11.8 Å². The minimum atomic E-state index is 0.490. The third-order valence-electron chi connectivity index (χ3n) is 2.90. The molecule has 2 N–H and O–H groups in total. The van der Waals surface area contributed by atoms with Gasteiger partial charge in [0.25, 0.3) is 0 Å². The highest BCUT2D eigenvalue weighted by Gasteiger charge is 2.70. The van der Waals surface area contributed by atoms with E-state index in [1.54, 1.807) is 0 Å². The van der Waals surface area contributed by atoms with Gasteiger partial charge in [0.15, 0.2) is 0 Å². The molecular weight excluding hydrogens is 102 g/mol. The Balaban J connectivity index is 1.89. The molecule has 0 radical (unpaired) electrons. The van der Waals surface area contributed by atoms with E-state index in [1.807, 2.05) is 0 Å². The second-order valence-electron chi connectivity index (χ2n) is 3.21. The zero-order valence-corrected chi connectivity index (χ0v) is 4.58. The fourth-order valence-corrected chi connectivity index (χ4v) is 2.24. The van der Waals surface area contributed by atoms with Crippen molar-refractivity contribution >= 4 is 0 Å². The van der Waals surface area contributed by atoms with Crippen molar-refractivity contribution in [3.63, 3.8) is 0 Å². The minimum absolute atomic E-state index is 0.490. The molecule has 2 saturated carbocycles. The molecule has 1 aliphatic heterocycles. The van der Waals surface area contributed by atoms with Crippen LogP contribution in [0.15, 0.2) is 0 Å². The number of rotatable bonds is 0. The zero-order valence-electron chi connectivity index (χ0n) is 4.58. The van der Waals surface area contributed by atoms with Crippen molar-refractivity contribution in [1.29, 1.82) is 0 Å². The Morgan fingerprint density at radius 2 is 2.25 bits per heavy atom. The number of fused-ring (bicyclic) bond motifs is 4. The number of nitrogens with two attached hydrogens (primary N) is 1. The van der Waals surface area contributed by atoms with Gasteiger partial charge in [-0.2, -0.15) is 0 Å². The Morgan fingerprint density at radius 3 is 2.75 bits per heavy atom. The van der Waals surface area contributed by atoms with Gasteiger partial charge >= 0.3 is 0 Å². The van der Waals surface area contributed by atoms with Crippen LogP contribution in [-0.4, -0.2) is 18.2 Å². The van der Waals surface area contributed by atoms with Crippen LogP contribution in [0.2, 0.25) is 0 Å². The SMILES string of the molecule is NC1CC2C3OC3C12. The lowest BCUT2D eigenvalue weighted by molar-refractivity contribution is 0.0716. The first-order valence-electron chi connectivity index (χ1n) is 3.29. The van der Waals surface area contributed by atoms with Crippen molar-refractivity contribution in [3.05, 3.63) is 0 Å². The van der Waals surface area contributed by atoms with E-state index in [1.165, 1.54) is 6.42 Å². The maximum absolute atomic E-state index is 5.70. The Hall–Kier alpha value is -0.0800. The molecule has 2 aliphatic carbocycles. The molecule has 2 nitrogen and oxygen atoms in total. The third kappa shape index (κ3) is 0.213. The Labute approximate surface area is 48.0 Å². The van der Waals surface area contributed by atoms with Crippen LogP contribution in [0.4, 0.5) is 0 Å². The summed E-state index contributed by atoms with van der Waals surface area (Å²) in [7, 11) is 0. The summed E-state index contributed by atoms with van der Waals surface area (Å²) >= 11 is 0. The summed E-state index contributed by atoms with van der Waals surface area (Å²) in [6, 6.07) is 0.490. The van der Waals surface area contributed by atoms with Gasteiger partial charge in [-0.3, -0.25) is 0 Å². The van der Waals surface area contributed by atoms with Crippen LogP contribution in [0.5, 0.6) is 0 Å². The average Bonchev–Trinajstić information content (AvgIpc) is 2.33. The first-order chi connectivity index (χ1) is 3.88. The summed E-state index contributed by atoms with van der Waals surface area (Å²) in [6.07, 6.45) is 2.51. The van der Waals surface area contributed by atoms with Gasteiger partial charge in [-0.25, -0.2) is 0 Å². The van der Waals surface area contributed by atoms with Crippen molar-refractivity contribution in [3.8, 4) is 0 Å². The molecule has 5 atom stereocenters. The van der Waals surface area contributed by atoms with Gasteiger partial charge in [-0.15, -0.1) is 0 Å². The van der Waals surface area contributed by atoms with Gasteiger partial charge in [0, 0.05) is 12.0 Å². The smallest absolute Gasteiger partial charge is 0.0891 e. The molecule has 44 valence electrons. The predicted molar refractivity (Wildman–Crippen MR) is 28.2 cm³/mol. The van der Waals surface area contributed by atoms with Crippen LogP contribution >= 0.6 is 0 Å². The van der Waals surface area contributed by atoms with Crippen molar-refractivity contribution in [2.24, 2.45) is 17.6 Å². The average molecular weight is 111 g/mol. The molecule has 0 amide bonds. The number of epoxide rings is 1. The molecule has 8 heavy (non-hydrogen) atoms. The van der Waals surface area contributed by atoms with Gasteiger partial charge in [-0.1, -0.05) is 0 Å². The molecule has 0 aromatic heterocycles. The number of hydrogen-bond acceptors (Lipinski definition) is 2. The minimum Gasteiger partial charge on any atom is -0.369 e. The summed E-state index contributed by atoms with van der Waals surface area (Å²) in [5, 5.41) is 0. The molecule has 1 heterocycles. The highest BCUT2D eigenvalue weighted by atomic mass is 16.6. The Bertz CT molecular complexity index is 145. The largest absolute Gasteiger partial charge is 0.369 e. The van der Waals surface area contributed by atoms with E-state index in [4.69, 9.17) is 10.5 Å². The lowest BCUT2D eigenvalue weighted by Crippen LogP contribution is -2.59. The Morgan fingerprint density at radius 1 is 1.38 bits per heavy atom. The molecule has 3 rings (SSSR count). The molecule has 3 fully saturated rings. The fraction of sp³-hybridized carbons (Fsp3) is 1.00. The van der Waals surface area contributed by atoms with Crippen LogP contribution in [0.3, 0.4) is 0 Å². The third-order valence-corrected chi connectivity index (χ3v) is 2.90. The van der Waals surface area contributed by atoms with E-state index in [0.29, 0.717) is 18.2 Å². The lowest BCUT2D eigenvalue weighted by atomic mass is 9.57. The standard InChI is InChI=1S/C6H9NO/c7-3-1-2-4(3)6-5(2)8-6/h2-6H,1,7H2. The molecule has 0 aromatic carbocycles. The second kappa shape index (κ2) is 0.847. The summed E-state index contributed by atoms with van der Waals surface area (Å²) in [6.45, 7) is 0. The Kier molecular flexibility index (Phi) is 0.408. The molecule has 2 heteroatoms. The van der Waals surface area contributed by atoms with E-state index in [2.05, 4.69) is 0 Å². The highest BCUT2D eigenvalue weighted by molar-refractivity contribution is 5.19. The van der Waals surface area contributed by atoms with Gasteiger partial charge in [-0.05, 0) is 12.3 Å². The molecule has 0 bridgehead atoms. The lowest BCUT2D eigenvalue weighted by Gasteiger charge is -2.47. The van der Waals surface area contributed by atoms with Crippen LogP contribution in [-0.2, 0) is 4.74 Å². The first-order valence-corrected chi connectivity index (χ1v) is 3.29. The van der Waals surface area contributed by atoms with Gasteiger partial charge in [0.2, 0.25) is 0 Å². The van der Waals surface area contributed by atoms with Crippen LogP contribution < -0.4 is 5.73 Å².